The minimum absolute atomic E-state index is 0.0164. The number of amides is 1. The van der Waals surface area contributed by atoms with E-state index in [1.54, 1.807) is 12.1 Å². The Morgan fingerprint density at radius 2 is 2.20 bits per heavy atom. The maximum absolute atomic E-state index is 11.2. The molecule has 0 fully saturated rings. The molecule has 0 unspecified atom stereocenters. The summed E-state index contributed by atoms with van der Waals surface area (Å²) in [5.41, 5.74) is 0.604. The molecule has 0 bridgehead atoms. The molecule has 4 nitrogen and oxygen atoms in total. The molecule has 82 valence electrons. The summed E-state index contributed by atoms with van der Waals surface area (Å²) >= 11 is 6.57. The molecule has 2 N–H and O–H groups in total. The van der Waals surface area contributed by atoms with Crippen LogP contribution in [0.4, 0.5) is 10.5 Å². The van der Waals surface area contributed by atoms with Gasteiger partial charge < -0.3 is 9.84 Å². The lowest BCUT2D eigenvalue weighted by Crippen LogP contribution is -2.16. The Hall–Kier alpha value is -0.590. The first-order chi connectivity index (χ1) is 7.13. The standard InChI is InChI=1S/C9H9Br2NO3/c10-6-1-2-7(11)8(5-6)12-9(14)15-4-3-13/h1-2,5,13H,3-4H2,(H,12,14). The van der Waals surface area contributed by atoms with Crippen LogP contribution in [-0.4, -0.2) is 24.4 Å². The molecule has 0 heterocycles. The summed E-state index contributed by atoms with van der Waals surface area (Å²) in [6, 6.07) is 5.38. The van der Waals surface area contributed by atoms with E-state index in [0.717, 1.165) is 8.95 Å². The highest BCUT2D eigenvalue weighted by Crippen LogP contribution is 2.26. The lowest BCUT2D eigenvalue weighted by atomic mass is 10.3. The van der Waals surface area contributed by atoms with Gasteiger partial charge in [-0.2, -0.15) is 0 Å². The minimum atomic E-state index is -0.595. The first kappa shape index (κ1) is 12.5. The van der Waals surface area contributed by atoms with Gasteiger partial charge in [0.25, 0.3) is 0 Å². The van der Waals surface area contributed by atoms with Crippen molar-refractivity contribution in [3.63, 3.8) is 0 Å². The maximum atomic E-state index is 11.2. The van der Waals surface area contributed by atoms with Gasteiger partial charge in [-0.1, -0.05) is 15.9 Å². The SMILES string of the molecule is O=C(Nc1cc(Br)ccc1Br)OCCO. The molecule has 6 heteroatoms. The van der Waals surface area contributed by atoms with Crippen LogP contribution in [0.25, 0.3) is 0 Å². The van der Waals surface area contributed by atoms with E-state index < -0.39 is 6.09 Å². The molecule has 0 aliphatic heterocycles. The summed E-state index contributed by atoms with van der Waals surface area (Å²) in [5, 5.41) is 11.0. The molecular formula is C9H9Br2NO3. The minimum Gasteiger partial charge on any atom is -0.447 e. The van der Waals surface area contributed by atoms with Crippen molar-refractivity contribution in [1.29, 1.82) is 0 Å². The number of anilines is 1. The molecule has 15 heavy (non-hydrogen) atoms. The summed E-state index contributed by atoms with van der Waals surface area (Å²) in [5.74, 6) is 0. The van der Waals surface area contributed by atoms with Crippen LogP contribution in [0.15, 0.2) is 27.1 Å². The molecule has 0 aliphatic rings. The highest BCUT2D eigenvalue weighted by atomic mass is 79.9. The van der Waals surface area contributed by atoms with Gasteiger partial charge in [-0.15, -0.1) is 0 Å². The van der Waals surface area contributed by atoms with E-state index in [4.69, 9.17) is 5.11 Å². The fourth-order valence-corrected chi connectivity index (χ4v) is 1.58. The van der Waals surface area contributed by atoms with Gasteiger partial charge in [-0.05, 0) is 34.1 Å². The number of hydrogen-bond acceptors (Lipinski definition) is 3. The van der Waals surface area contributed by atoms with Crippen molar-refractivity contribution in [3.05, 3.63) is 27.1 Å². The number of benzene rings is 1. The molecule has 0 atom stereocenters. The Morgan fingerprint density at radius 3 is 2.87 bits per heavy atom. The Balaban J connectivity index is 2.63. The molecule has 0 aliphatic carbocycles. The topological polar surface area (TPSA) is 58.6 Å². The molecule has 0 saturated carbocycles. The second kappa shape index (κ2) is 6.09. The van der Waals surface area contributed by atoms with Gasteiger partial charge >= 0.3 is 6.09 Å². The van der Waals surface area contributed by atoms with Gasteiger partial charge in [0.15, 0.2) is 0 Å². The van der Waals surface area contributed by atoms with Crippen molar-refractivity contribution in [1.82, 2.24) is 0 Å². The third-order valence-electron chi connectivity index (χ3n) is 1.49. The first-order valence-corrected chi connectivity index (χ1v) is 5.72. The second-order valence-corrected chi connectivity index (χ2v) is 4.38. The predicted molar refractivity (Wildman–Crippen MR) is 63.9 cm³/mol. The average molecular weight is 339 g/mol. The van der Waals surface area contributed by atoms with Crippen molar-refractivity contribution in [2.45, 2.75) is 0 Å². The van der Waals surface area contributed by atoms with Crippen LogP contribution in [0.1, 0.15) is 0 Å². The van der Waals surface area contributed by atoms with E-state index in [2.05, 4.69) is 41.9 Å². The van der Waals surface area contributed by atoms with Crippen molar-refractivity contribution in [2.24, 2.45) is 0 Å². The lowest BCUT2D eigenvalue weighted by Gasteiger charge is -2.07. The van der Waals surface area contributed by atoms with Gasteiger partial charge in [0.2, 0.25) is 0 Å². The molecule has 1 rings (SSSR count). The van der Waals surface area contributed by atoms with E-state index in [0.29, 0.717) is 5.69 Å². The number of aliphatic hydroxyl groups is 1. The zero-order chi connectivity index (χ0) is 11.3. The monoisotopic (exact) mass is 337 g/mol. The van der Waals surface area contributed by atoms with Gasteiger partial charge in [-0.25, -0.2) is 4.79 Å². The van der Waals surface area contributed by atoms with E-state index in [1.165, 1.54) is 0 Å². The number of hydrogen-bond donors (Lipinski definition) is 2. The van der Waals surface area contributed by atoms with Gasteiger partial charge in [0, 0.05) is 8.95 Å². The van der Waals surface area contributed by atoms with Crippen molar-refractivity contribution in [2.75, 3.05) is 18.5 Å². The van der Waals surface area contributed by atoms with Crippen LogP contribution in [-0.2, 0) is 4.74 Å². The predicted octanol–water partition coefficient (Wildman–Crippen LogP) is 2.75. The van der Waals surface area contributed by atoms with E-state index >= 15 is 0 Å². The van der Waals surface area contributed by atoms with E-state index in [1.807, 2.05) is 6.07 Å². The Labute approximate surface area is 104 Å². The fourth-order valence-electron chi connectivity index (χ4n) is 0.878. The summed E-state index contributed by atoms with van der Waals surface area (Å²) in [7, 11) is 0. The number of halogens is 2. The van der Waals surface area contributed by atoms with Crippen LogP contribution in [0, 0.1) is 0 Å². The van der Waals surface area contributed by atoms with Gasteiger partial charge in [0.05, 0.1) is 12.3 Å². The highest BCUT2D eigenvalue weighted by molar-refractivity contribution is 9.11. The number of aliphatic hydroxyl groups excluding tert-OH is 1. The van der Waals surface area contributed by atoms with Crippen LogP contribution in [0.5, 0.6) is 0 Å². The molecule has 1 aromatic carbocycles. The number of ether oxygens (including phenoxy) is 1. The third-order valence-corrected chi connectivity index (χ3v) is 2.67. The molecular weight excluding hydrogens is 330 g/mol. The van der Waals surface area contributed by atoms with Gasteiger partial charge in [-0.3, -0.25) is 5.32 Å². The summed E-state index contributed by atoms with van der Waals surface area (Å²) in [4.78, 5) is 11.2. The third kappa shape index (κ3) is 4.19. The largest absolute Gasteiger partial charge is 0.447 e. The van der Waals surface area contributed by atoms with E-state index in [9.17, 15) is 4.79 Å². The number of carbonyl (C=O) groups excluding carboxylic acids is 1. The van der Waals surface area contributed by atoms with Crippen LogP contribution >= 0.6 is 31.9 Å². The quantitative estimate of drug-likeness (QED) is 0.890. The Bertz CT molecular complexity index is 357. The Morgan fingerprint density at radius 1 is 1.47 bits per heavy atom. The van der Waals surface area contributed by atoms with Gasteiger partial charge in [0.1, 0.15) is 6.61 Å². The van der Waals surface area contributed by atoms with Crippen molar-refractivity contribution < 1.29 is 14.6 Å². The van der Waals surface area contributed by atoms with Crippen molar-refractivity contribution >= 4 is 43.6 Å². The van der Waals surface area contributed by atoms with Crippen LogP contribution in [0.2, 0.25) is 0 Å². The van der Waals surface area contributed by atoms with E-state index in [-0.39, 0.29) is 13.2 Å². The summed E-state index contributed by atoms with van der Waals surface area (Å²) in [6.07, 6.45) is -0.595. The number of carbonyl (C=O) groups is 1. The summed E-state index contributed by atoms with van der Waals surface area (Å²) in [6.45, 7) is -0.204. The molecule has 0 saturated heterocycles. The second-order valence-electron chi connectivity index (χ2n) is 2.61. The first-order valence-electron chi connectivity index (χ1n) is 4.13. The highest BCUT2D eigenvalue weighted by Gasteiger charge is 2.06. The molecule has 1 amide bonds. The maximum Gasteiger partial charge on any atom is 0.411 e. The normalized spacial score (nSPS) is 9.80. The smallest absolute Gasteiger partial charge is 0.411 e. The number of rotatable bonds is 3. The summed E-state index contributed by atoms with van der Waals surface area (Å²) < 4.78 is 6.26. The fraction of sp³-hybridized carbons (Fsp3) is 0.222. The molecule has 1 aromatic rings. The zero-order valence-corrected chi connectivity index (χ0v) is 10.8. The average Bonchev–Trinajstić information content (AvgIpc) is 2.20. The zero-order valence-electron chi connectivity index (χ0n) is 7.67. The van der Waals surface area contributed by atoms with Crippen LogP contribution in [0.3, 0.4) is 0 Å². The number of nitrogens with one attached hydrogen (secondary N) is 1. The molecule has 0 aromatic heterocycles. The van der Waals surface area contributed by atoms with Crippen molar-refractivity contribution in [3.8, 4) is 0 Å². The van der Waals surface area contributed by atoms with Crippen LogP contribution < -0.4 is 5.32 Å². The Kier molecular flexibility index (Phi) is 5.07. The molecule has 0 spiro atoms. The lowest BCUT2D eigenvalue weighted by molar-refractivity contribution is 0.131. The molecule has 0 radical (unpaired) electrons.